The molecule has 0 fully saturated rings. The van der Waals surface area contributed by atoms with Gasteiger partial charge in [0.25, 0.3) is 0 Å². The number of carbonyl (C=O) groups excluding carboxylic acids is 2. The summed E-state index contributed by atoms with van der Waals surface area (Å²) >= 11 is 0. The van der Waals surface area contributed by atoms with E-state index in [2.05, 4.69) is 27.7 Å². The van der Waals surface area contributed by atoms with Gasteiger partial charge in [-0.15, -0.1) is 0 Å². The number of carbonyl (C=O) groups is 2. The normalized spacial score (nSPS) is 12.5. The molecule has 0 heterocycles. The molecule has 0 aromatic carbocycles. The molecule has 5 heteroatoms. The molecular weight excluding hydrogens is 284 g/mol. The summed E-state index contributed by atoms with van der Waals surface area (Å²) in [6.07, 6.45) is 0.830. The van der Waals surface area contributed by atoms with Crippen molar-refractivity contribution in [2.24, 2.45) is 17.8 Å². The van der Waals surface area contributed by atoms with Crippen molar-refractivity contribution in [3.05, 3.63) is 11.6 Å². The highest BCUT2D eigenvalue weighted by Crippen LogP contribution is 2.24. The molecule has 0 aliphatic rings. The lowest BCUT2D eigenvalue weighted by molar-refractivity contribution is -0.158. The van der Waals surface area contributed by atoms with Crippen LogP contribution in [-0.2, 0) is 19.1 Å². The van der Waals surface area contributed by atoms with Gasteiger partial charge in [-0.05, 0) is 31.6 Å². The standard InChI is InChI=1S/C17H30O5/c1-11(2)7-17(20)22-14(9-18)10-21-16(19)8-15(12(3)4)13(5)6/h7,12-15,18H,8-10H2,1-6H3/t14-/m0/s1. The summed E-state index contributed by atoms with van der Waals surface area (Å²) in [5.41, 5.74) is 0.801. The number of allylic oxidation sites excluding steroid dienone is 1. The average molecular weight is 314 g/mol. The van der Waals surface area contributed by atoms with Gasteiger partial charge in [-0.25, -0.2) is 4.79 Å². The van der Waals surface area contributed by atoms with Crippen molar-refractivity contribution in [1.29, 1.82) is 0 Å². The highest BCUT2D eigenvalue weighted by Gasteiger charge is 2.23. The van der Waals surface area contributed by atoms with Crippen LogP contribution in [0.1, 0.15) is 48.0 Å². The van der Waals surface area contributed by atoms with E-state index >= 15 is 0 Å². The molecule has 0 radical (unpaired) electrons. The van der Waals surface area contributed by atoms with Crippen LogP contribution in [0.2, 0.25) is 0 Å². The third kappa shape index (κ3) is 8.82. The quantitative estimate of drug-likeness (QED) is 0.523. The summed E-state index contributed by atoms with van der Waals surface area (Å²) in [5, 5.41) is 9.19. The number of ether oxygens (including phenoxy) is 2. The van der Waals surface area contributed by atoms with E-state index in [1.165, 1.54) is 6.08 Å². The first-order valence-corrected chi connectivity index (χ1v) is 7.79. The number of hydrogen-bond acceptors (Lipinski definition) is 5. The Bertz CT molecular complexity index is 373. The first-order valence-electron chi connectivity index (χ1n) is 7.79. The number of aliphatic hydroxyl groups excluding tert-OH is 1. The highest BCUT2D eigenvalue weighted by molar-refractivity contribution is 5.82. The molecule has 0 aromatic heterocycles. The molecule has 0 saturated heterocycles. The molecule has 0 saturated carbocycles. The fourth-order valence-electron chi connectivity index (χ4n) is 2.24. The molecule has 128 valence electrons. The van der Waals surface area contributed by atoms with Gasteiger partial charge in [-0.1, -0.05) is 33.3 Å². The van der Waals surface area contributed by atoms with Crippen molar-refractivity contribution in [2.45, 2.75) is 54.1 Å². The zero-order valence-corrected chi connectivity index (χ0v) is 14.6. The van der Waals surface area contributed by atoms with Crippen molar-refractivity contribution in [1.82, 2.24) is 0 Å². The number of esters is 2. The van der Waals surface area contributed by atoms with E-state index in [0.717, 1.165) is 5.57 Å². The lowest BCUT2D eigenvalue weighted by Crippen LogP contribution is -2.29. The van der Waals surface area contributed by atoms with Gasteiger partial charge in [0.05, 0.1) is 6.61 Å². The van der Waals surface area contributed by atoms with E-state index in [-0.39, 0.29) is 25.1 Å². The zero-order valence-electron chi connectivity index (χ0n) is 14.6. The maximum atomic E-state index is 11.9. The van der Waals surface area contributed by atoms with Gasteiger partial charge in [0, 0.05) is 12.5 Å². The molecule has 0 aromatic rings. The minimum absolute atomic E-state index is 0.124. The molecule has 0 spiro atoms. The SMILES string of the molecule is CC(C)=CC(=O)O[C@@H](CO)COC(=O)CC(C(C)C)C(C)C. The molecule has 0 unspecified atom stereocenters. The molecule has 0 aliphatic heterocycles. The third-order valence-corrected chi connectivity index (χ3v) is 3.44. The topological polar surface area (TPSA) is 72.8 Å². The van der Waals surface area contributed by atoms with Crippen LogP contribution in [0.15, 0.2) is 11.6 Å². The molecular formula is C17H30O5. The smallest absolute Gasteiger partial charge is 0.331 e. The Balaban J connectivity index is 4.36. The van der Waals surface area contributed by atoms with Crippen molar-refractivity contribution in [2.75, 3.05) is 13.2 Å². The average Bonchev–Trinajstić information content (AvgIpc) is 2.38. The van der Waals surface area contributed by atoms with Crippen molar-refractivity contribution < 1.29 is 24.2 Å². The molecule has 0 rings (SSSR count). The lowest BCUT2D eigenvalue weighted by atomic mass is 9.83. The van der Waals surface area contributed by atoms with Crippen LogP contribution < -0.4 is 0 Å². The van der Waals surface area contributed by atoms with Crippen LogP contribution in [0.4, 0.5) is 0 Å². The summed E-state index contributed by atoms with van der Waals surface area (Å²) in [4.78, 5) is 23.4. The summed E-state index contributed by atoms with van der Waals surface area (Å²) in [7, 11) is 0. The van der Waals surface area contributed by atoms with E-state index in [1.807, 2.05) is 0 Å². The van der Waals surface area contributed by atoms with Crippen molar-refractivity contribution in [3.63, 3.8) is 0 Å². The first-order chi connectivity index (χ1) is 10.2. The number of hydrogen-bond donors (Lipinski definition) is 1. The maximum absolute atomic E-state index is 11.9. The first kappa shape index (κ1) is 20.6. The van der Waals surface area contributed by atoms with Crippen LogP contribution in [0, 0.1) is 17.8 Å². The van der Waals surface area contributed by atoms with Gasteiger partial charge in [-0.3, -0.25) is 4.79 Å². The van der Waals surface area contributed by atoms with E-state index in [1.54, 1.807) is 13.8 Å². The lowest BCUT2D eigenvalue weighted by Gasteiger charge is -2.24. The van der Waals surface area contributed by atoms with E-state index in [9.17, 15) is 14.7 Å². The minimum Gasteiger partial charge on any atom is -0.462 e. The van der Waals surface area contributed by atoms with Crippen LogP contribution in [0.3, 0.4) is 0 Å². The summed E-state index contributed by atoms with van der Waals surface area (Å²) in [5.74, 6) is 0.142. The maximum Gasteiger partial charge on any atom is 0.331 e. The molecule has 22 heavy (non-hydrogen) atoms. The Morgan fingerprint density at radius 1 is 1.09 bits per heavy atom. The summed E-state index contributed by atoms with van der Waals surface area (Å²) in [6.45, 7) is 11.4. The molecule has 0 aliphatic carbocycles. The Labute approximate surface area is 133 Å². The molecule has 1 N–H and O–H groups in total. The monoisotopic (exact) mass is 314 g/mol. The van der Waals surface area contributed by atoms with E-state index in [4.69, 9.17) is 9.47 Å². The van der Waals surface area contributed by atoms with Gasteiger partial charge in [0.15, 0.2) is 6.10 Å². The Morgan fingerprint density at radius 3 is 2.05 bits per heavy atom. The number of rotatable bonds is 9. The zero-order chi connectivity index (χ0) is 17.3. The van der Waals surface area contributed by atoms with E-state index in [0.29, 0.717) is 18.3 Å². The Morgan fingerprint density at radius 2 is 1.64 bits per heavy atom. The predicted molar refractivity (Wildman–Crippen MR) is 85.1 cm³/mol. The van der Waals surface area contributed by atoms with Gasteiger partial charge >= 0.3 is 11.9 Å². The van der Waals surface area contributed by atoms with Crippen molar-refractivity contribution in [3.8, 4) is 0 Å². The Kier molecular flexibility index (Phi) is 9.74. The molecule has 1 atom stereocenters. The second-order valence-electron chi connectivity index (χ2n) is 6.50. The molecule has 5 nitrogen and oxygen atoms in total. The van der Waals surface area contributed by atoms with Crippen LogP contribution in [0.5, 0.6) is 0 Å². The predicted octanol–water partition coefficient (Wildman–Crippen LogP) is 2.72. The van der Waals surface area contributed by atoms with Gasteiger partial charge in [0.1, 0.15) is 6.61 Å². The fourth-order valence-corrected chi connectivity index (χ4v) is 2.24. The van der Waals surface area contributed by atoms with Crippen LogP contribution in [-0.4, -0.2) is 36.4 Å². The van der Waals surface area contributed by atoms with Gasteiger partial charge in [0.2, 0.25) is 0 Å². The summed E-state index contributed by atoms with van der Waals surface area (Å²) in [6, 6.07) is 0. The van der Waals surface area contributed by atoms with Crippen LogP contribution in [0.25, 0.3) is 0 Å². The largest absolute Gasteiger partial charge is 0.462 e. The molecule has 0 amide bonds. The minimum atomic E-state index is -0.830. The second-order valence-corrected chi connectivity index (χ2v) is 6.50. The van der Waals surface area contributed by atoms with Gasteiger partial charge < -0.3 is 14.6 Å². The third-order valence-electron chi connectivity index (χ3n) is 3.44. The van der Waals surface area contributed by atoms with Gasteiger partial charge in [-0.2, -0.15) is 0 Å². The van der Waals surface area contributed by atoms with Crippen LogP contribution >= 0.6 is 0 Å². The van der Waals surface area contributed by atoms with Crippen molar-refractivity contribution >= 4 is 11.9 Å². The molecule has 0 bridgehead atoms. The second kappa shape index (κ2) is 10.4. The number of aliphatic hydroxyl groups is 1. The highest BCUT2D eigenvalue weighted by atomic mass is 16.6. The van der Waals surface area contributed by atoms with E-state index < -0.39 is 12.1 Å². The fraction of sp³-hybridized carbons (Fsp3) is 0.765. The summed E-state index contributed by atoms with van der Waals surface area (Å²) < 4.78 is 10.2. The Hall–Kier alpha value is -1.36.